The zero-order valence-corrected chi connectivity index (χ0v) is 16.3. The molecule has 2 heterocycles. The van der Waals surface area contributed by atoms with E-state index in [9.17, 15) is 26.4 Å². The molecule has 2 aromatic rings. The number of halogens is 3. The number of hydrogen-bond acceptors (Lipinski definition) is 4. The molecule has 1 saturated heterocycles. The van der Waals surface area contributed by atoms with Gasteiger partial charge in [-0.15, -0.1) is 0 Å². The van der Waals surface area contributed by atoms with Crippen molar-refractivity contribution in [2.75, 3.05) is 19.6 Å². The summed E-state index contributed by atoms with van der Waals surface area (Å²) in [4.78, 5) is 14.0. The van der Waals surface area contributed by atoms with Crippen LogP contribution in [0.4, 0.5) is 13.2 Å². The smallest absolute Gasteiger partial charge is 0.416 e. The van der Waals surface area contributed by atoms with Gasteiger partial charge in [0.05, 0.1) is 23.1 Å². The minimum absolute atomic E-state index is 0.0887. The second-order valence-electron chi connectivity index (χ2n) is 7.05. The van der Waals surface area contributed by atoms with Gasteiger partial charge in [0.15, 0.2) is 0 Å². The predicted octanol–water partition coefficient (Wildman–Crippen LogP) is 3.27. The Bertz CT molecular complexity index is 917. The molecule has 0 atom stereocenters. The minimum Gasteiger partial charge on any atom is -0.472 e. The zero-order valence-electron chi connectivity index (χ0n) is 15.5. The second-order valence-corrected chi connectivity index (χ2v) is 8.86. The molecule has 0 spiro atoms. The number of sulfonamides is 1. The number of likely N-dealkylation sites (tertiary alicyclic amines) is 1. The van der Waals surface area contributed by atoms with Crippen LogP contribution in [0.3, 0.4) is 0 Å². The monoisotopic (exact) mass is 430 g/mol. The van der Waals surface area contributed by atoms with Crippen LogP contribution < -0.4 is 4.72 Å². The fraction of sp³-hybridized carbons (Fsp3) is 0.421. The van der Waals surface area contributed by atoms with E-state index in [1.807, 2.05) is 0 Å². The molecule has 1 aliphatic heterocycles. The third-order valence-corrected chi connectivity index (χ3v) is 6.22. The molecule has 1 aliphatic rings. The molecule has 158 valence electrons. The maximum Gasteiger partial charge on any atom is 0.416 e. The molecular formula is C19H21F3N2O4S. The Morgan fingerprint density at radius 1 is 1.14 bits per heavy atom. The van der Waals surface area contributed by atoms with Crippen LogP contribution in [0.15, 0.2) is 47.3 Å². The van der Waals surface area contributed by atoms with Gasteiger partial charge in [0.2, 0.25) is 10.0 Å². The first-order chi connectivity index (χ1) is 13.6. The largest absolute Gasteiger partial charge is 0.472 e. The molecule has 3 rings (SSSR count). The molecule has 0 unspecified atom stereocenters. The van der Waals surface area contributed by atoms with Crippen molar-refractivity contribution in [3.05, 3.63) is 59.5 Å². The van der Waals surface area contributed by atoms with Crippen molar-refractivity contribution in [2.24, 2.45) is 5.92 Å². The summed E-state index contributed by atoms with van der Waals surface area (Å²) < 4.78 is 69.7. The Hall–Kier alpha value is -2.33. The van der Waals surface area contributed by atoms with Gasteiger partial charge in [-0.05, 0) is 42.5 Å². The van der Waals surface area contributed by atoms with Crippen molar-refractivity contribution in [3.63, 3.8) is 0 Å². The van der Waals surface area contributed by atoms with E-state index in [1.54, 1.807) is 11.0 Å². The first-order valence-corrected chi connectivity index (χ1v) is 10.7. The van der Waals surface area contributed by atoms with Gasteiger partial charge in [-0.1, -0.05) is 12.1 Å². The normalized spacial score (nSPS) is 16.2. The van der Waals surface area contributed by atoms with Crippen LogP contribution in [-0.4, -0.2) is 38.9 Å². The maximum atomic E-state index is 12.6. The molecular weight excluding hydrogens is 409 g/mol. The number of piperidine rings is 1. The number of carbonyl (C=O) groups excluding carboxylic acids is 1. The highest BCUT2D eigenvalue weighted by molar-refractivity contribution is 7.88. The Balaban J connectivity index is 1.46. The Morgan fingerprint density at radius 2 is 1.79 bits per heavy atom. The number of benzene rings is 1. The van der Waals surface area contributed by atoms with Crippen molar-refractivity contribution < 1.29 is 30.8 Å². The van der Waals surface area contributed by atoms with Crippen LogP contribution in [0.2, 0.25) is 0 Å². The number of carbonyl (C=O) groups is 1. The lowest BCUT2D eigenvalue weighted by molar-refractivity contribution is -0.137. The van der Waals surface area contributed by atoms with Crippen LogP contribution in [0.1, 0.15) is 34.3 Å². The van der Waals surface area contributed by atoms with E-state index < -0.39 is 21.8 Å². The number of amides is 1. The van der Waals surface area contributed by atoms with Crippen molar-refractivity contribution in [1.82, 2.24) is 9.62 Å². The molecule has 0 aliphatic carbocycles. The molecule has 1 amide bonds. The maximum absolute atomic E-state index is 12.6. The van der Waals surface area contributed by atoms with Gasteiger partial charge < -0.3 is 9.32 Å². The number of nitrogens with zero attached hydrogens (tertiary/aromatic N) is 1. The highest BCUT2D eigenvalue weighted by atomic mass is 32.2. The lowest BCUT2D eigenvalue weighted by atomic mass is 9.97. The molecule has 1 N–H and O–H groups in total. The standard InChI is InChI=1S/C19H21F3N2O4S/c20-19(21,22)17-3-1-15(2-4-17)13-29(26,27)23-11-14-5-8-24(9-6-14)18(25)16-7-10-28-12-16/h1-4,7,10,12,14,23H,5-6,8-9,11,13H2. The topological polar surface area (TPSA) is 79.6 Å². The predicted molar refractivity (Wildman–Crippen MR) is 99.4 cm³/mol. The van der Waals surface area contributed by atoms with Crippen LogP contribution in [-0.2, 0) is 22.0 Å². The lowest BCUT2D eigenvalue weighted by Crippen LogP contribution is -2.41. The van der Waals surface area contributed by atoms with Gasteiger partial charge in [0.25, 0.3) is 5.91 Å². The molecule has 1 fully saturated rings. The fourth-order valence-corrected chi connectivity index (χ4v) is 4.44. The molecule has 0 saturated carbocycles. The van der Waals surface area contributed by atoms with Gasteiger partial charge >= 0.3 is 6.18 Å². The van der Waals surface area contributed by atoms with Crippen molar-refractivity contribution in [2.45, 2.75) is 24.8 Å². The zero-order chi connectivity index (χ0) is 21.1. The number of furan rings is 1. The molecule has 29 heavy (non-hydrogen) atoms. The van der Waals surface area contributed by atoms with E-state index in [1.165, 1.54) is 24.7 Å². The van der Waals surface area contributed by atoms with E-state index in [4.69, 9.17) is 4.42 Å². The summed E-state index contributed by atoms with van der Waals surface area (Å²) >= 11 is 0. The molecule has 6 nitrogen and oxygen atoms in total. The summed E-state index contributed by atoms with van der Waals surface area (Å²) in [7, 11) is -3.67. The summed E-state index contributed by atoms with van der Waals surface area (Å²) in [6.45, 7) is 1.28. The SMILES string of the molecule is O=C(c1ccoc1)N1CCC(CNS(=O)(=O)Cc2ccc(C(F)(F)F)cc2)CC1. The first kappa shape index (κ1) is 21.4. The van der Waals surface area contributed by atoms with Crippen molar-refractivity contribution in [3.8, 4) is 0 Å². The average molecular weight is 430 g/mol. The summed E-state index contributed by atoms with van der Waals surface area (Å²) in [5, 5.41) is 0. The highest BCUT2D eigenvalue weighted by Gasteiger charge is 2.30. The average Bonchev–Trinajstić information content (AvgIpc) is 3.20. The summed E-state index contributed by atoms with van der Waals surface area (Å²) in [5.41, 5.74) is -0.0462. The molecule has 0 radical (unpaired) electrons. The first-order valence-electron chi connectivity index (χ1n) is 9.09. The van der Waals surface area contributed by atoms with E-state index in [0.717, 1.165) is 12.1 Å². The summed E-state index contributed by atoms with van der Waals surface area (Å²) in [6, 6.07) is 5.68. The highest BCUT2D eigenvalue weighted by Crippen LogP contribution is 2.29. The van der Waals surface area contributed by atoms with Crippen LogP contribution in [0.5, 0.6) is 0 Å². The number of rotatable bonds is 6. The Morgan fingerprint density at radius 3 is 2.34 bits per heavy atom. The van der Waals surface area contributed by atoms with E-state index in [2.05, 4.69) is 4.72 Å². The lowest BCUT2D eigenvalue weighted by Gasteiger charge is -2.31. The number of alkyl halides is 3. The van der Waals surface area contributed by atoms with Crippen LogP contribution in [0, 0.1) is 5.92 Å². The quantitative estimate of drug-likeness (QED) is 0.763. The molecule has 1 aromatic carbocycles. The third kappa shape index (κ3) is 5.83. The number of hydrogen-bond donors (Lipinski definition) is 1. The molecule has 1 aromatic heterocycles. The summed E-state index contributed by atoms with van der Waals surface area (Å²) in [6.07, 6.45) is -0.308. The minimum atomic E-state index is -4.45. The Labute approximate surface area is 166 Å². The van der Waals surface area contributed by atoms with E-state index in [-0.39, 0.29) is 29.7 Å². The molecule has 0 bridgehead atoms. The summed E-state index contributed by atoms with van der Waals surface area (Å²) in [5.74, 6) is -0.408. The van der Waals surface area contributed by atoms with Crippen molar-refractivity contribution >= 4 is 15.9 Å². The van der Waals surface area contributed by atoms with Gasteiger partial charge in [0.1, 0.15) is 6.26 Å². The third-order valence-electron chi connectivity index (χ3n) is 4.90. The molecule has 10 heteroatoms. The van der Waals surface area contributed by atoms with Crippen LogP contribution in [0.25, 0.3) is 0 Å². The van der Waals surface area contributed by atoms with Gasteiger partial charge in [-0.3, -0.25) is 4.79 Å². The van der Waals surface area contributed by atoms with Gasteiger partial charge in [-0.2, -0.15) is 13.2 Å². The van der Waals surface area contributed by atoms with Crippen molar-refractivity contribution in [1.29, 1.82) is 0 Å². The number of nitrogens with one attached hydrogen (secondary N) is 1. The van der Waals surface area contributed by atoms with E-state index in [0.29, 0.717) is 31.5 Å². The van der Waals surface area contributed by atoms with Gasteiger partial charge in [-0.25, -0.2) is 13.1 Å². The second kappa shape index (κ2) is 8.58. The van der Waals surface area contributed by atoms with Gasteiger partial charge in [0, 0.05) is 19.6 Å². The van der Waals surface area contributed by atoms with E-state index >= 15 is 0 Å². The van der Waals surface area contributed by atoms with Crippen LogP contribution >= 0.6 is 0 Å². The Kier molecular flexibility index (Phi) is 6.33. The fourth-order valence-electron chi connectivity index (χ4n) is 3.21.